The van der Waals surface area contributed by atoms with Crippen molar-refractivity contribution in [1.29, 1.82) is 0 Å². The predicted octanol–water partition coefficient (Wildman–Crippen LogP) is 3.23. The summed E-state index contributed by atoms with van der Waals surface area (Å²) in [6.07, 6.45) is 0. The number of hydrogen-bond donors (Lipinski definition) is 1. The summed E-state index contributed by atoms with van der Waals surface area (Å²) in [5.74, 6) is 0.950. The molecule has 92 valence electrons. The first kappa shape index (κ1) is 11.5. The van der Waals surface area contributed by atoms with Crippen LogP contribution in [0.25, 0.3) is 22.1 Å². The Labute approximate surface area is 109 Å². The number of hydrogen-bond acceptors (Lipinski definition) is 4. The zero-order valence-electron chi connectivity index (χ0n) is 10.6. The van der Waals surface area contributed by atoms with E-state index in [0.29, 0.717) is 0 Å². The van der Waals surface area contributed by atoms with Crippen molar-refractivity contribution >= 4 is 33.8 Å². The van der Waals surface area contributed by atoms with Gasteiger partial charge in [-0.15, -0.1) is 10.2 Å². The first-order valence-electron chi connectivity index (χ1n) is 5.95. The van der Waals surface area contributed by atoms with Crippen LogP contribution in [0.4, 0.5) is 0 Å². The van der Waals surface area contributed by atoms with Crippen molar-refractivity contribution in [1.82, 2.24) is 20.2 Å². The summed E-state index contributed by atoms with van der Waals surface area (Å²) in [5, 5.41) is 10.3. The minimum absolute atomic E-state index is 0.728. The van der Waals surface area contributed by atoms with Gasteiger partial charge in [-0.3, -0.25) is 0 Å². The second-order valence-electron chi connectivity index (χ2n) is 4.35. The molecule has 2 heterocycles. The molecule has 3 aromatic rings. The van der Waals surface area contributed by atoms with E-state index in [0.717, 1.165) is 33.0 Å². The van der Waals surface area contributed by atoms with Crippen LogP contribution in [0.5, 0.6) is 0 Å². The highest BCUT2D eigenvalue weighted by molar-refractivity contribution is 7.99. The number of nitrogens with one attached hydrogen (secondary N) is 1. The smallest absolute Gasteiger partial charge is 0.211 e. The van der Waals surface area contributed by atoms with Crippen LogP contribution < -0.4 is 0 Å². The van der Waals surface area contributed by atoms with Crippen LogP contribution in [-0.2, 0) is 0 Å². The molecule has 2 aromatic heterocycles. The Hall–Kier alpha value is -1.62. The molecule has 0 saturated carbocycles. The van der Waals surface area contributed by atoms with Gasteiger partial charge >= 0.3 is 0 Å². The Bertz CT molecular complexity index is 733. The highest BCUT2D eigenvalue weighted by atomic mass is 32.2. The Kier molecular flexibility index (Phi) is 2.70. The minimum Gasteiger partial charge on any atom is -0.337 e. The molecule has 0 spiro atoms. The van der Waals surface area contributed by atoms with Gasteiger partial charge in [-0.2, -0.15) is 0 Å². The zero-order valence-corrected chi connectivity index (χ0v) is 11.4. The topological polar surface area (TPSA) is 54.5 Å². The molecule has 0 unspecified atom stereocenters. The number of aromatic amines is 1. The first-order valence-corrected chi connectivity index (χ1v) is 6.93. The molecule has 0 aliphatic heterocycles. The lowest BCUT2D eigenvalue weighted by Gasteiger charge is -1.98. The Morgan fingerprint density at radius 2 is 2.06 bits per heavy atom. The van der Waals surface area contributed by atoms with Crippen LogP contribution >= 0.6 is 11.8 Å². The van der Waals surface area contributed by atoms with Gasteiger partial charge in [0.05, 0.1) is 5.52 Å². The highest BCUT2D eigenvalue weighted by Gasteiger charge is 2.11. The van der Waals surface area contributed by atoms with Gasteiger partial charge in [-0.25, -0.2) is 4.98 Å². The number of fused-ring (bicyclic) bond motifs is 3. The Balaban J connectivity index is 2.33. The number of aryl methyl sites for hydroxylation is 2. The average Bonchev–Trinajstić information content (AvgIpc) is 2.68. The van der Waals surface area contributed by atoms with Crippen molar-refractivity contribution in [2.75, 3.05) is 5.75 Å². The minimum atomic E-state index is 0.728. The van der Waals surface area contributed by atoms with E-state index >= 15 is 0 Å². The molecule has 0 radical (unpaired) electrons. The van der Waals surface area contributed by atoms with Crippen LogP contribution in [0.1, 0.15) is 18.1 Å². The van der Waals surface area contributed by atoms with E-state index in [2.05, 4.69) is 53.1 Å². The molecule has 0 aliphatic rings. The molecule has 4 nitrogen and oxygen atoms in total. The maximum absolute atomic E-state index is 4.51. The summed E-state index contributed by atoms with van der Waals surface area (Å²) < 4.78 is 0. The molecule has 0 atom stereocenters. The Morgan fingerprint density at radius 3 is 2.83 bits per heavy atom. The highest BCUT2D eigenvalue weighted by Crippen LogP contribution is 2.26. The van der Waals surface area contributed by atoms with Crippen LogP contribution in [-0.4, -0.2) is 25.9 Å². The molecule has 3 rings (SSSR count). The number of benzene rings is 1. The maximum atomic E-state index is 4.51. The molecule has 0 fully saturated rings. The fourth-order valence-electron chi connectivity index (χ4n) is 2.21. The van der Waals surface area contributed by atoms with Crippen LogP contribution in [0, 0.1) is 13.8 Å². The van der Waals surface area contributed by atoms with E-state index in [1.54, 1.807) is 11.8 Å². The Morgan fingerprint density at radius 1 is 1.22 bits per heavy atom. The summed E-state index contributed by atoms with van der Waals surface area (Å²) in [7, 11) is 0. The largest absolute Gasteiger partial charge is 0.337 e. The number of thioether (sulfide) groups is 1. The summed E-state index contributed by atoms with van der Waals surface area (Å²) in [4.78, 5) is 7.85. The van der Waals surface area contributed by atoms with E-state index in [-0.39, 0.29) is 0 Å². The van der Waals surface area contributed by atoms with Crippen molar-refractivity contribution in [2.24, 2.45) is 0 Å². The van der Waals surface area contributed by atoms with Crippen molar-refractivity contribution in [3.63, 3.8) is 0 Å². The number of H-pyrrole nitrogens is 1. The fraction of sp³-hybridized carbons (Fsp3) is 0.308. The molecule has 0 saturated heterocycles. The third-order valence-corrected chi connectivity index (χ3v) is 3.64. The normalized spacial score (nSPS) is 11.5. The lowest BCUT2D eigenvalue weighted by Crippen LogP contribution is -1.91. The number of nitrogens with zero attached hydrogens (tertiary/aromatic N) is 3. The van der Waals surface area contributed by atoms with Crippen LogP contribution in [0.3, 0.4) is 0 Å². The second-order valence-corrected chi connectivity index (χ2v) is 5.59. The summed E-state index contributed by atoms with van der Waals surface area (Å²) in [5.41, 5.74) is 5.24. The molecule has 0 amide bonds. The number of rotatable bonds is 2. The monoisotopic (exact) mass is 258 g/mol. The summed E-state index contributed by atoms with van der Waals surface area (Å²) >= 11 is 1.60. The third kappa shape index (κ3) is 1.75. The van der Waals surface area contributed by atoms with Crippen molar-refractivity contribution < 1.29 is 0 Å². The lowest BCUT2D eigenvalue weighted by atomic mass is 10.1. The standard InChI is InChI=1S/C13H14N4S/c1-4-18-13-15-12-11(16-17-13)9-6-7(2)5-8(3)10(9)14-12/h5-6H,4H2,1-3H3,(H,14,15,17). The van der Waals surface area contributed by atoms with E-state index in [9.17, 15) is 0 Å². The van der Waals surface area contributed by atoms with Crippen molar-refractivity contribution in [3.8, 4) is 0 Å². The molecule has 1 aromatic carbocycles. The molecule has 18 heavy (non-hydrogen) atoms. The second kappa shape index (κ2) is 4.24. The molecule has 0 aliphatic carbocycles. The fourth-order valence-corrected chi connectivity index (χ4v) is 2.72. The van der Waals surface area contributed by atoms with Crippen LogP contribution in [0.2, 0.25) is 0 Å². The summed E-state index contributed by atoms with van der Waals surface area (Å²) in [6.45, 7) is 6.27. The average molecular weight is 258 g/mol. The van der Waals surface area contributed by atoms with Gasteiger partial charge in [0, 0.05) is 5.39 Å². The van der Waals surface area contributed by atoms with Gasteiger partial charge in [0.2, 0.25) is 5.16 Å². The molecular weight excluding hydrogens is 244 g/mol. The van der Waals surface area contributed by atoms with Crippen LogP contribution in [0.15, 0.2) is 17.3 Å². The number of aromatic nitrogens is 4. The van der Waals surface area contributed by atoms with Crippen molar-refractivity contribution in [2.45, 2.75) is 25.9 Å². The van der Waals surface area contributed by atoms with Gasteiger partial charge in [-0.05, 0) is 31.2 Å². The van der Waals surface area contributed by atoms with E-state index in [4.69, 9.17) is 0 Å². The van der Waals surface area contributed by atoms with E-state index in [1.165, 1.54) is 11.1 Å². The molecule has 0 bridgehead atoms. The van der Waals surface area contributed by atoms with E-state index < -0.39 is 0 Å². The van der Waals surface area contributed by atoms with Crippen molar-refractivity contribution in [3.05, 3.63) is 23.3 Å². The SMILES string of the molecule is CCSc1nnc2c(n1)[nH]c1c(C)cc(C)cc12. The summed E-state index contributed by atoms with van der Waals surface area (Å²) in [6, 6.07) is 4.29. The first-order chi connectivity index (χ1) is 8.69. The zero-order chi connectivity index (χ0) is 12.7. The maximum Gasteiger partial charge on any atom is 0.211 e. The molecule has 5 heteroatoms. The lowest BCUT2D eigenvalue weighted by molar-refractivity contribution is 0.878. The van der Waals surface area contributed by atoms with Gasteiger partial charge in [0.1, 0.15) is 5.52 Å². The molecule has 1 N–H and O–H groups in total. The van der Waals surface area contributed by atoms with Gasteiger partial charge in [-0.1, -0.05) is 30.3 Å². The predicted molar refractivity (Wildman–Crippen MR) is 75.1 cm³/mol. The molecular formula is C13H14N4S. The quantitative estimate of drug-likeness (QED) is 0.717. The third-order valence-electron chi connectivity index (χ3n) is 2.92. The van der Waals surface area contributed by atoms with Gasteiger partial charge < -0.3 is 4.98 Å². The van der Waals surface area contributed by atoms with Gasteiger partial charge in [0.25, 0.3) is 0 Å². The van der Waals surface area contributed by atoms with Gasteiger partial charge in [0.15, 0.2) is 5.65 Å². The van der Waals surface area contributed by atoms with E-state index in [1.807, 2.05) is 0 Å².